The Bertz CT molecular complexity index is 225. The summed E-state index contributed by atoms with van der Waals surface area (Å²) in [6, 6.07) is 0. The summed E-state index contributed by atoms with van der Waals surface area (Å²) in [5, 5.41) is 0. The van der Waals surface area contributed by atoms with Crippen LogP contribution in [0.3, 0.4) is 0 Å². The van der Waals surface area contributed by atoms with E-state index in [1.165, 1.54) is 7.11 Å². The van der Waals surface area contributed by atoms with Crippen LogP contribution in [0.4, 0.5) is 0 Å². The third kappa shape index (κ3) is 5.09. The summed E-state index contributed by atoms with van der Waals surface area (Å²) >= 11 is 0. The normalized spacial score (nSPS) is 9.50. The lowest BCUT2D eigenvalue weighted by molar-refractivity contribution is -0.140. The molecule has 0 aromatic rings. The first-order chi connectivity index (χ1) is 6.47. The lowest BCUT2D eigenvalue weighted by atomic mass is 10.4. The predicted molar refractivity (Wildman–Crippen MR) is 46.8 cm³/mol. The van der Waals surface area contributed by atoms with Crippen LogP contribution in [0.2, 0.25) is 0 Å². The molecule has 7 heteroatoms. The number of nitrogens with zero attached hydrogens (tertiary/aromatic N) is 1. The molecule has 0 aromatic heterocycles. The van der Waals surface area contributed by atoms with Crippen molar-refractivity contribution in [3.05, 3.63) is 0 Å². The number of hydrogen-bond acceptors (Lipinski definition) is 4. The van der Waals surface area contributed by atoms with E-state index in [-0.39, 0.29) is 19.7 Å². The monoisotopic (exact) mass is 203 g/mol. The van der Waals surface area contributed by atoms with E-state index in [0.29, 0.717) is 0 Å². The molecule has 0 aliphatic carbocycles. The fourth-order valence-electron chi connectivity index (χ4n) is 0.823. The van der Waals surface area contributed by atoms with E-state index in [9.17, 15) is 14.4 Å². The quantitative estimate of drug-likeness (QED) is 0.493. The van der Waals surface area contributed by atoms with Crippen molar-refractivity contribution < 1.29 is 19.1 Å². The maximum Gasteiger partial charge on any atom is 0.249 e. The molecule has 0 rings (SSSR count). The first kappa shape index (κ1) is 12.4. The Kier molecular flexibility index (Phi) is 5.23. The topological polar surface area (TPSA) is 116 Å². The fraction of sp³-hybridized carbons (Fsp3) is 0.571. The zero-order valence-corrected chi connectivity index (χ0v) is 7.86. The minimum absolute atomic E-state index is 0.222. The highest BCUT2D eigenvalue weighted by molar-refractivity contribution is 5.88. The zero-order valence-electron chi connectivity index (χ0n) is 7.86. The van der Waals surface area contributed by atoms with Crippen LogP contribution < -0.4 is 11.5 Å². The lowest BCUT2D eigenvalue weighted by Gasteiger charge is -2.18. The zero-order chi connectivity index (χ0) is 11.1. The van der Waals surface area contributed by atoms with Crippen LogP contribution in [0, 0.1) is 0 Å². The standard InChI is InChI=1S/C7H13N3O4/c1-14-4-7(13)10(2-5(8)11)3-6(9)12/h2-4H2,1H3,(H2,8,11)(H2,9,12). The van der Waals surface area contributed by atoms with Gasteiger partial charge >= 0.3 is 0 Å². The molecule has 0 radical (unpaired) electrons. The van der Waals surface area contributed by atoms with E-state index in [1.807, 2.05) is 0 Å². The van der Waals surface area contributed by atoms with Gasteiger partial charge in [-0.15, -0.1) is 0 Å². The molecule has 0 aliphatic rings. The first-order valence-electron chi connectivity index (χ1n) is 3.80. The average Bonchev–Trinajstić information content (AvgIpc) is 2.01. The Morgan fingerprint density at radius 1 is 1.14 bits per heavy atom. The van der Waals surface area contributed by atoms with E-state index in [1.54, 1.807) is 0 Å². The third-order valence-electron chi connectivity index (χ3n) is 1.31. The Balaban J connectivity index is 4.29. The van der Waals surface area contributed by atoms with Gasteiger partial charge in [0.15, 0.2) is 0 Å². The van der Waals surface area contributed by atoms with Crippen molar-refractivity contribution in [1.29, 1.82) is 0 Å². The molecule has 0 saturated heterocycles. The highest BCUT2D eigenvalue weighted by Gasteiger charge is 2.17. The van der Waals surface area contributed by atoms with E-state index in [4.69, 9.17) is 11.5 Å². The van der Waals surface area contributed by atoms with Gasteiger partial charge < -0.3 is 21.1 Å². The fourth-order valence-corrected chi connectivity index (χ4v) is 0.823. The van der Waals surface area contributed by atoms with Gasteiger partial charge in [-0.05, 0) is 0 Å². The van der Waals surface area contributed by atoms with E-state index in [2.05, 4.69) is 4.74 Å². The van der Waals surface area contributed by atoms with Crippen molar-refractivity contribution in [1.82, 2.24) is 4.90 Å². The first-order valence-corrected chi connectivity index (χ1v) is 3.80. The molecule has 0 spiro atoms. The maximum atomic E-state index is 11.2. The van der Waals surface area contributed by atoms with Crippen LogP contribution in [0.15, 0.2) is 0 Å². The number of hydrogen-bond donors (Lipinski definition) is 2. The molecule has 14 heavy (non-hydrogen) atoms. The molecule has 0 bridgehead atoms. The molecular weight excluding hydrogens is 190 g/mol. The second-order valence-electron chi connectivity index (χ2n) is 2.62. The minimum atomic E-state index is -0.712. The summed E-state index contributed by atoms with van der Waals surface area (Å²) in [5.74, 6) is -1.93. The maximum absolute atomic E-state index is 11.2. The summed E-state index contributed by atoms with van der Waals surface area (Å²) in [6.45, 7) is -0.906. The molecule has 0 saturated carbocycles. The van der Waals surface area contributed by atoms with Crippen LogP contribution >= 0.6 is 0 Å². The van der Waals surface area contributed by atoms with Gasteiger partial charge in [0.25, 0.3) is 0 Å². The van der Waals surface area contributed by atoms with Crippen molar-refractivity contribution in [2.24, 2.45) is 11.5 Å². The van der Waals surface area contributed by atoms with Crippen LogP contribution in [0.25, 0.3) is 0 Å². The molecule has 0 unspecified atom stereocenters. The van der Waals surface area contributed by atoms with Crippen LogP contribution in [-0.2, 0) is 19.1 Å². The number of methoxy groups -OCH3 is 1. The van der Waals surface area contributed by atoms with Gasteiger partial charge in [-0.1, -0.05) is 0 Å². The molecule has 0 fully saturated rings. The number of carbonyl (C=O) groups is 3. The molecule has 7 nitrogen and oxygen atoms in total. The highest BCUT2D eigenvalue weighted by atomic mass is 16.5. The number of nitrogens with two attached hydrogens (primary N) is 2. The molecule has 80 valence electrons. The molecule has 4 N–H and O–H groups in total. The van der Waals surface area contributed by atoms with Gasteiger partial charge in [0, 0.05) is 7.11 Å². The Morgan fingerprint density at radius 3 is 1.86 bits per heavy atom. The minimum Gasteiger partial charge on any atom is -0.375 e. The summed E-state index contributed by atoms with van der Waals surface area (Å²) in [7, 11) is 1.32. The second kappa shape index (κ2) is 5.92. The van der Waals surface area contributed by atoms with Gasteiger partial charge in [0.2, 0.25) is 17.7 Å². The number of rotatable bonds is 6. The lowest BCUT2D eigenvalue weighted by Crippen LogP contribution is -2.44. The van der Waals surface area contributed by atoms with E-state index >= 15 is 0 Å². The molecule has 0 atom stereocenters. The Hall–Kier alpha value is -1.63. The van der Waals surface area contributed by atoms with E-state index in [0.717, 1.165) is 4.90 Å². The van der Waals surface area contributed by atoms with Crippen molar-refractivity contribution in [2.75, 3.05) is 26.8 Å². The highest BCUT2D eigenvalue weighted by Crippen LogP contribution is 1.89. The number of amides is 3. The van der Waals surface area contributed by atoms with Crippen LogP contribution in [0.5, 0.6) is 0 Å². The third-order valence-corrected chi connectivity index (χ3v) is 1.31. The summed E-state index contributed by atoms with van der Waals surface area (Å²) < 4.78 is 4.55. The Morgan fingerprint density at radius 2 is 1.57 bits per heavy atom. The molecule has 3 amide bonds. The van der Waals surface area contributed by atoms with Gasteiger partial charge in [0.05, 0.1) is 13.1 Å². The average molecular weight is 203 g/mol. The van der Waals surface area contributed by atoms with Crippen molar-refractivity contribution >= 4 is 17.7 Å². The number of ether oxygens (including phenoxy) is 1. The SMILES string of the molecule is COCC(=O)N(CC(N)=O)CC(N)=O. The molecular formula is C7H13N3O4. The van der Waals surface area contributed by atoms with Crippen LogP contribution in [-0.4, -0.2) is 49.4 Å². The van der Waals surface area contributed by atoms with Crippen molar-refractivity contribution in [3.63, 3.8) is 0 Å². The smallest absolute Gasteiger partial charge is 0.249 e. The molecule has 0 aromatic carbocycles. The van der Waals surface area contributed by atoms with Crippen molar-refractivity contribution in [3.8, 4) is 0 Å². The van der Waals surface area contributed by atoms with Crippen LogP contribution in [0.1, 0.15) is 0 Å². The summed E-state index contributed by atoms with van der Waals surface area (Å²) in [5.41, 5.74) is 9.75. The summed E-state index contributed by atoms with van der Waals surface area (Å²) in [6.07, 6.45) is 0. The largest absolute Gasteiger partial charge is 0.375 e. The van der Waals surface area contributed by atoms with E-state index < -0.39 is 17.7 Å². The van der Waals surface area contributed by atoms with Gasteiger partial charge in [-0.25, -0.2) is 0 Å². The number of primary amides is 2. The Labute approximate surface area is 81.0 Å². The number of carbonyl (C=O) groups excluding carboxylic acids is 3. The van der Waals surface area contributed by atoms with Gasteiger partial charge in [0.1, 0.15) is 6.61 Å². The van der Waals surface area contributed by atoms with Crippen molar-refractivity contribution in [2.45, 2.75) is 0 Å². The second-order valence-corrected chi connectivity index (χ2v) is 2.62. The molecule has 0 heterocycles. The summed E-state index contributed by atoms with van der Waals surface area (Å²) in [4.78, 5) is 33.2. The predicted octanol–water partition coefficient (Wildman–Crippen LogP) is -2.57. The molecule has 0 aliphatic heterocycles. The van der Waals surface area contributed by atoms with Gasteiger partial charge in [-0.3, -0.25) is 14.4 Å². The van der Waals surface area contributed by atoms with Gasteiger partial charge in [-0.2, -0.15) is 0 Å².